The fourth-order valence-electron chi connectivity index (χ4n) is 3.51. The zero-order valence-electron chi connectivity index (χ0n) is 11.5. The van der Waals surface area contributed by atoms with Crippen LogP contribution in [-0.4, -0.2) is 36.1 Å². The highest BCUT2D eigenvalue weighted by Crippen LogP contribution is 2.36. The Labute approximate surface area is 111 Å². The largest absolute Gasteiger partial charge is 0.303 e. The molecule has 3 fully saturated rings. The number of hydrogen-bond acceptors (Lipinski definition) is 3. The second kappa shape index (κ2) is 4.83. The molecule has 0 spiro atoms. The van der Waals surface area contributed by atoms with E-state index in [-0.39, 0.29) is 5.54 Å². The Bertz CT molecular complexity index is 340. The highest BCUT2D eigenvalue weighted by atomic mass is 15.2. The summed E-state index contributed by atoms with van der Waals surface area (Å²) in [5.74, 6) is 0.934. The van der Waals surface area contributed by atoms with Gasteiger partial charge in [0.15, 0.2) is 0 Å². The Hall–Kier alpha value is -0.590. The van der Waals surface area contributed by atoms with Gasteiger partial charge in [-0.15, -0.1) is 0 Å². The van der Waals surface area contributed by atoms with Crippen molar-refractivity contribution in [3.8, 4) is 6.07 Å². The molecule has 3 heteroatoms. The van der Waals surface area contributed by atoms with Gasteiger partial charge in [0.25, 0.3) is 0 Å². The highest BCUT2D eigenvalue weighted by molar-refractivity contribution is 5.15. The van der Waals surface area contributed by atoms with Crippen molar-refractivity contribution < 1.29 is 0 Å². The lowest BCUT2D eigenvalue weighted by molar-refractivity contribution is 0.159. The molecule has 0 aromatic heterocycles. The Morgan fingerprint density at radius 1 is 1.28 bits per heavy atom. The van der Waals surface area contributed by atoms with E-state index in [1.54, 1.807) is 0 Å². The molecular formula is C15H25N3. The van der Waals surface area contributed by atoms with Crippen molar-refractivity contribution in [3.63, 3.8) is 0 Å². The molecule has 0 aliphatic heterocycles. The maximum Gasteiger partial charge on any atom is 0.108 e. The summed E-state index contributed by atoms with van der Waals surface area (Å²) in [4.78, 5) is 2.53. The first-order valence-corrected chi connectivity index (χ1v) is 7.60. The molecule has 0 aromatic rings. The molecule has 3 aliphatic rings. The van der Waals surface area contributed by atoms with Crippen molar-refractivity contribution in [3.05, 3.63) is 0 Å². The first-order valence-electron chi connectivity index (χ1n) is 7.60. The van der Waals surface area contributed by atoms with Crippen molar-refractivity contribution >= 4 is 0 Å². The van der Waals surface area contributed by atoms with Crippen LogP contribution in [-0.2, 0) is 0 Å². The minimum atomic E-state index is -0.209. The number of hydrogen-bond donors (Lipinski definition) is 1. The third kappa shape index (κ3) is 2.55. The van der Waals surface area contributed by atoms with Gasteiger partial charge in [0, 0.05) is 18.6 Å². The van der Waals surface area contributed by atoms with Gasteiger partial charge in [-0.25, -0.2) is 0 Å². The Balaban J connectivity index is 1.53. The van der Waals surface area contributed by atoms with Crippen LogP contribution in [0.15, 0.2) is 0 Å². The number of nitriles is 1. The lowest BCUT2D eigenvalue weighted by Crippen LogP contribution is -2.45. The van der Waals surface area contributed by atoms with E-state index in [0.29, 0.717) is 12.1 Å². The third-order valence-corrected chi connectivity index (χ3v) is 5.15. The molecule has 0 radical (unpaired) electrons. The summed E-state index contributed by atoms with van der Waals surface area (Å²) in [5.41, 5.74) is -0.209. The smallest absolute Gasteiger partial charge is 0.108 e. The van der Waals surface area contributed by atoms with Crippen molar-refractivity contribution in [2.45, 2.75) is 69.0 Å². The standard InChI is InChI=1S/C15H25N3/c1-18(10-12-3-2-4-12)14-7-8-15(9-14,11-16)17-13-5-6-13/h12-14,17H,2-10H2,1H3. The maximum absolute atomic E-state index is 9.50. The molecule has 2 unspecified atom stereocenters. The van der Waals surface area contributed by atoms with Crippen molar-refractivity contribution in [1.82, 2.24) is 10.2 Å². The molecule has 0 heterocycles. The fraction of sp³-hybridized carbons (Fsp3) is 0.933. The van der Waals surface area contributed by atoms with E-state index >= 15 is 0 Å². The molecule has 2 atom stereocenters. The maximum atomic E-state index is 9.50. The van der Waals surface area contributed by atoms with Crippen LogP contribution in [0.4, 0.5) is 0 Å². The summed E-state index contributed by atoms with van der Waals surface area (Å²) in [6.07, 6.45) is 10.1. The lowest BCUT2D eigenvalue weighted by atomic mass is 9.85. The Morgan fingerprint density at radius 2 is 2.06 bits per heavy atom. The van der Waals surface area contributed by atoms with Gasteiger partial charge >= 0.3 is 0 Å². The van der Waals surface area contributed by atoms with Gasteiger partial charge in [0.1, 0.15) is 5.54 Å². The van der Waals surface area contributed by atoms with E-state index in [1.807, 2.05) is 0 Å². The quantitative estimate of drug-likeness (QED) is 0.810. The topological polar surface area (TPSA) is 39.1 Å². The minimum Gasteiger partial charge on any atom is -0.303 e. The number of nitrogens with zero attached hydrogens (tertiary/aromatic N) is 2. The van der Waals surface area contributed by atoms with Gasteiger partial charge in [-0.2, -0.15) is 5.26 Å². The van der Waals surface area contributed by atoms with E-state index in [2.05, 4.69) is 23.3 Å². The molecule has 0 amide bonds. The molecule has 3 aliphatic carbocycles. The Morgan fingerprint density at radius 3 is 2.61 bits per heavy atom. The predicted octanol–water partition coefficient (Wildman–Crippen LogP) is 2.29. The number of rotatable bonds is 5. The highest BCUT2D eigenvalue weighted by Gasteiger charge is 2.44. The van der Waals surface area contributed by atoms with Gasteiger partial charge in [0.2, 0.25) is 0 Å². The molecule has 3 rings (SSSR count). The average molecular weight is 247 g/mol. The molecule has 1 N–H and O–H groups in total. The molecule has 100 valence electrons. The summed E-state index contributed by atoms with van der Waals surface area (Å²) in [7, 11) is 2.26. The molecule has 0 saturated heterocycles. The van der Waals surface area contributed by atoms with E-state index in [1.165, 1.54) is 45.1 Å². The second-order valence-corrected chi connectivity index (χ2v) is 6.75. The molecule has 0 aromatic carbocycles. The summed E-state index contributed by atoms with van der Waals surface area (Å²) in [6, 6.07) is 3.84. The zero-order chi connectivity index (χ0) is 12.6. The first kappa shape index (κ1) is 12.4. The van der Waals surface area contributed by atoms with Crippen molar-refractivity contribution in [2.24, 2.45) is 5.92 Å². The molecule has 0 bridgehead atoms. The van der Waals surface area contributed by atoms with E-state index < -0.39 is 0 Å². The Kier molecular flexibility index (Phi) is 3.34. The monoisotopic (exact) mass is 247 g/mol. The van der Waals surface area contributed by atoms with Gasteiger partial charge in [-0.1, -0.05) is 6.42 Å². The van der Waals surface area contributed by atoms with Gasteiger partial charge in [0.05, 0.1) is 6.07 Å². The van der Waals surface area contributed by atoms with Crippen LogP contribution in [0.2, 0.25) is 0 Å². The van der Waals surface area contributed by atoms with Gasteiger partial charge in [-0.3, -0.25) is 5.32 Å². The minimum absolute atomic E-state index is 0.209. The van der Waals surface area contributed by atoms with Crippen LogP contribution < -0.4 is 5.32 Å². The zero-order valence-corrected chi connectivity index (χ0v) is 11.5. The van der Waals surface area contributed by atoms with Crippen LogP contribution >= 0.6 is 0 Å². The van der Waals surface area contributed by atoms with Crippen LogP contribution in [0.3, 0.4) is 0 Å². The van der Waals surface area contributed by atoms with Crippen molar-refractivity contribution in [2.75, 3.05) is 13.6 Å². The first-order chi connectivity index (χ1) is 8.71. The second-order valence-electron chi connectivity index (χ2n) is 6.75. The number of nitrogens with one attached hydrogen (secondary N) is 1. The molecule has 3 saturated carbocycles. The third-order valence-electron chi connectivity index (χ3n) is 5.15. The summed E-state index contributed by atoms with van der Waals surface area (Å²) in [5, 5.41) is 13.1. The van der Waals surface area contributed by atoms with E-state index in [0.717, 1.165) is 18.8 Å². The van der Waals surface area contributed by atoms with Crippen LogP contribution in [0, 0.1) is 17.2 Å². The SMILES string of the molecule is CN(CC1CCC1)C1CCC(C#N)(NC2CC2)C1. The molecule has 18 heavy (non-hydrogen) atoms. The van der Waals surface area contributed by atoms with Crippen LogP contribution in [0.5, 0.6) is 0 Å². The summed E-state index contributed by atoms with van der Waals surface area (Å²) in [6.45, 7) is 1.25. The van der Waals surface area contributed by atoms with E-state index in [9.17, 15) is 5.26 Å². The van der Waals surface area contributed by atoms with Gasteiger partial charge in [-0.05, 0) is 57.9 Å². The van der Waals surface area contributed by atoms with Crippen LogP contribution in [0.1, 0.15) is 51.4 Å². The normalized spacial score (nSPS) is 36.6. The summed E-state index contributed by atoms with van der Waals surface area (Å²) >= 11 is 0. The lowest BCUT2D eigenvalue weighted by Gasteiger charge is -2.34. The van der Waals surface area contributed by atoms with Crippen LogP contribution in [0.25, 0.3) is 0 Å². The molecule has 3 nitrogen and oxygen atoms in total. The van der Waals surface area contributed by atoms with Crippen molar-refractivity contribution in [1.29, 1.82) is 5.26 Å². The fourth-order valence-corrected chi connectivity index (χ4v) is 3.51. The summed E-state index contributed by atoms with van der Waals surface area (Å²) < 4.78 is 0. The van der Waals surface area contributed by atoms with E-state index in [4.69, 9.17) is 0 Å². The molecular weight excluding hydrogens is 222 g/mol. The average Bonchev–Trinajstić information content (AvgIpc) is 3.01. The predicted molar refractivity (Wildman–Crippen MR) is 72.1 cm³/mol. The van der Waals surface area contributed by atoms with Gasteiger partial charge < -0.3 is 4.90 Å².